The minimum Gasteiger partial charge on any atom is -0.507 e. The number of rotatable bonds is 5. The Kier molecular flexibility index (Phi) is 4.02. The van der Waals surface area contributed by atoms with E-state index in [4.69, 9.17) is 0 Å². The summed E-state index contributed by atoms with van der Waals surface area (Å²) in [6, 6.07) is 5.44. The fourth-order valence-corrected chi connectivity index (χ4v) is 1.74. The number of hydrogen-bond acceptors (Lipinski definition) is 3. The summed E-state index contributed by atoms with van der Waals surface area (Å²) < 4.78 is 0.587. The summed E-state index contributed by atoms with van der Waals surface area (Å²) in [5.41, 5.74) is 0.470. The maximum atomic E-state index is 11.7. The van der Waals surface area contributed by atoms with Crippen LogP contribution in [-0.2, 0) is 0 Å². The molecule has 0 aliphatic heterocycles. The van der Waals surface area contributed by atoms with Gasteiger partial charge in [-0.05, 0) is 47.0 Å². The highest BCUT2D eigenvalue weighted by Gasteiger charge is 2.19. The van der Waals surface area contributed by atoms with E-state index >= 15 is 0 Å². The molecule has 3 N–H and O–H groups in total. The largest absolute Gasteiger partial charge is 0.507 e. The van der Waals surface area contributed by atoms with Crippen molar-refractivity contribution in [2.24, 2.45) is 0 Å². The number of phenols is 1. The molecule has 1 aromatic rings. The number of benzene rings is 1. The Morgan fingerprint density at radius 3 is 2.82 bits per heavy atom. The van der Waals surface area contributed by atoms with Crippen molar-refractivity contribution in [2.75, 3.05) is 13.1 Å². The van der Waals surface area contributed by atoms with Crippen LogP contribution >= 0.6 is 15.9 Å². The van der Waals surface area contributed by atoms with Crippen LogP contribution < -0.4 is 10.6 Å². The SMILES string of the molecule is O=C(NCCNC1CC1)c1ccc(Br)c(O)c1. The molecule has 1 aliphatic rings. The zero-order valence-corrected chi connectivity index (χ0v) is 11.0. The van der Waals surface area contributed by atoms with E-state index in [1.165, 1.54) is 18.9 Å². The van der Waals surface area contributed by atoms with E-state index < -0.39 is 0 Å². The van der Waals surface area contributed by atoms with Crippen molar-refractivity contribution in [1.82, 2.24) is 10.6 Å². The molecule has 92 valence electrons. The number of carbonyl (C=O) groups is 1. The zero-order chi connectivity index (χ0) is 12.3. The molecule has 2 rings (SSSR count). The Labute approximate surface area is 109 Å². The Hall–Kier alpha value is -1.07. The van der Waals surface area contributed by atoms with Crippen LogP contribution in [0.1, 0.15) is 23.2 Å². The first-order valence-corrected chi connectivity index (χ1v) is 6.46. The van der Waals surface area contributed by atoms with Crippen molar-refractivity contribution in [3.8, 4) is 5.75 Å². The fourth-order valence-electron chi connectivity index (χ4n) is 1.50. The number of nitrogens with one attached hydrogen (secondary N) is 2. The lowest BCUT2D eigenvalue weighted by Gasteiger charge is -2.06. The Morgan fingerprint density at radius 2 is 2.18 bits per heavy atom. The first-order chi connectivity index (χ1) is 8.16. The summed E-state index contributed by atoms with van der Waals surface area (Å²) >= 11 is 3.17. The molecule has 4 nitrogen and oxygen atoms in total. The topological polar surface area (TPSA) is 61.4 Å². The molecule has 0 bridgehead atoms. The first kappa shape index (κ1) is 12.4. The second kappa shape index (κ2) is 5.51. The van der Waals surface area contributed by atoms with Gasteiger partial charge in [0.2, 0.25) is 0 Å². The molecule has 0 aromatic heterocycles. The van der Waals surface area contributed by atoms with Crippen LogP contribution in [0.2, 0.25) is 0 Å². The van der Waals surface area contributed by atoms with Gasteiger partial charge < -0.3 is 15.7 Å². The van der Waals surface area contributed by atoms with E-state index in [9.17, 15) is 9.90 Å². The maximum absolute atomic E-state index is 11.7. The van der Waals surface area contributed by atoms with Crippen molar-refractivity contribution in [1.29, 1.82) is 0 Å². The fraction of sp³-hybridized carbons (Fsp3) is 0.417. The third-order valence-electron chi connectivity index (χ3n) is 2.63. The molecule has 1 aliphatic carbocycles. The van der Waals surface area contributed by atoms with Crippen molar-refractivity contribution >= 4 is 21.8 Å². The smallest absolute Gasteiger partial charge is 0.251 e. The predicted octanol–water partition coefficient (Wildman–Crippen LogP) is 1.64. The van der Waals surface area contributed by atoms with Crippen molar-refractivity contribution in [3.63, 3.8) is 0 Å². The zero-order valence-electron chi connectivity index (χ0n) is 9.37. The second-order valence-corrected chi connectivity index (χ2v) is 5.00. The normalized spacial score (nSPS) is 14.6. The molecular formula is C12H15BrN2O2. The number of hydrogen-bond donors (Lipinski definition) is 3. The van der Waals surface area contributed by atoms with Crippen molar-refractivity contribution in [2.45, 2.75) is 18.9 Å². The summed E-state index contributed by atoms with van der Waals surface area (Å²) in [4.78, 5) is 11.7. The quantitative estimate of drug-likeness (QED) is 0.724. The molecule has 0 radical (unpaired) electrons. The van der Waals surface area contributed by atoms with Gasteiger partial charge in [-0.25, -0.2) is 0 Å². The van der Waals surface area contributed by atoms with Gasteiger partial charge in [-0.15, -0.1) is 0 Å². The first-order valence-electron chi connectivity index (χ1n) is 5.67. The highest BCUT2D eigenvalue weighted by atomic mass is 79.9. The molecule has 0 heterocycles. The lowest BCUT2D eigenvalue weighted by atomic mass is 10.2. The van der Waals surface area contributed by atoms with Gasteiger partial charge in [0.1, 0.15) is 5.75 Å². The third-order valence-corrected chi connectivity index (χ3v) is 3.30. The average Bonchev–Trinajstić information content (AvgIpc) is 3.12. The molecule has 0 saturated heterocycles. The average molecular weight is 299 g/mol. The van der Waals surface area contributed by atoms with Gasteiger partial charge in [-0.3, -0.25) is 4.79 Å². The number of halogens is 1. The molecule has 17 heavy (non-hydrogen) atoms. The minimum atomic E-state index is -0.162. The number of carbonyl (C=O) groups excluding carboxylic acids is 1. The Bertz CT molecular complexity index is 419. The monoisotopic (exact) mass is 298 g/mol. The molecule has 1 saturated carbocycles. The van der Waals surface area contributed by atoms with Crippen LogP contribution in [0.5, 0.6) is 5.75 Å². The van der Waals surface area contributed by atoms with Gasteiger partial charge in [-0.2, -0.15) is 0 Å². The molecule has 1 fully saturated rings. The van der Waals surface area contributed by atoms with Gasteiger partial charge in [0.15, 0.2) is 0 Å². The van der Waals surface area contributed by atoms with Gasteiger partial charge in [-0.1, -0.05) is 0 Å². The second-order valence-electron chi connectivity index (χ2n) is 4.15. The Morgan fingerprint density at radius 1 is 1.41 bits per heavy atom. The molecule has 0 spiro atoms. The van der Waals surface area contributed by atoms with E-state index in [0.717, 1.165) is 6.54 Å². The standard InChI is InChI=1S/C12H15BrN2O2/c13-10-4-1-8(7-11(10)16)12(17)15-6-5-14-9-2-3-9/h1,4,7,9,14,16H,2-3,5-6H2,(H,15,17). The number of amides is 1. The van der Waals surface area contributed by atoms with Crippen LogP contribution in [-0.4, -0.2) is 30.1 Å². The number of phenolic OH excluding ortho intramolecular Hbond substituents is 1. The molecule has 0 atom stereocenters. The van der Waals surface area contributed by atoms with Crippen LogP contribution in [0, 0.1) is 0 Å². The molecule has 5 heteroatoms. The lowest BCUT2D eigenvalue weighted by Crippen LogP contribution is -2.32. The highest BCUT2D eigenvalue weighted by molar-refractivity contribution is 9.10. The summed E-state index contributed by atoms with van der Waals surface area (Å²) in [6.07, 6.45) is 2.49. The highest BCUT2D eigenvalue weighted by Crippen LogP contribution is 2.24. The molecular weight excluding hydrogens is 284 g/mol. The molecule has 1 amide bonds. The van der Waals surface area contributed by atoms with Gasteiger partial charge in [0.25, 0.3) is 5.91 Å². The van der Waals surface area contributed by atoms with E-state index in [1.807, 2.05) is 0 Å². The minimum absolute atomic E-state index is 0.0776. The van der Waals surface area contributed by atoms with Gasteiger partial charge in [0.05, 0.1) is 4.47 Å². The van der Waals surface area contributed by atoms with Crippen LogP contribution in [0.25, 0.3) is 0 Å². The molecule has 1 aromatic carbocycles. The summed E-state index contributed by atoms with van der Waals surface area (Å²) in [6.45, 7) is 1.39. The number of aromatic hydroxyl groups is 1. The van der Waals surface area contributed by atoms with Crippen molar-refractivity contribution < 1.29 is 9.90 Å². The van der Waals surface area contributed by atoms with Gasteiger partial charge >= 0.3 is 0 Å². The third kappa shape index (κ3) is 3.71. The van der Waals surface area contributed by atoms with Crippen LogP contribution in [0.4, 0.5) is 0 Å². The van der Waals surface area contributed by atoms with Crippen LogP contribution in [0.15, 0.2) is 22.7 Å². The van der Waals surface area contributed by atoms with Crippen molar-refractivity contribution in [3.05, 3.63) is 28.2 Å². The summed E-state index contributed by atoms with van der Waals surface area (Å²) in [5, 5.41) is 15.6. The maximum Gasteiger partial charge on any atom is 0.251 e. The predicted molar refractivity (Wildman–Crippen MR) is 69.2 cm³/mol. The van der Waals surface area contributed by atoms with E-state index in [0.29, 0.717) is 22.6 Å². The van der Waals surface area contributed by atoms with Gasteiger partial charge in [0, 0.05) is 24.7 Å². The lowest BCUT2D eigenvalue weighted by molar-refractivity contribution is 0.0953. The summed E-state index contributed by atoms with van der Waals surface area (Å²) in [5.74, 6) is -0.0841. The van der Waals surface area contributed by atoms with E-state index in [1.54, 1.807) is 12.1 Å². The summed E-state index contributed by atoms with van der Waals surface area (Å²) in [7, 11) is 0. The van der Waals surface area contributed by atoms with Crippen LogP contribution in [0.3, 0.4) is 0 Å². The van der Waals surface area contributed by atoms with E-state index in [2.05, 4.69) is 26.6 Å². The van der Waals surface area contributed by atoms with E-state index in [-0.39, 0.29) is 11.7 Å². The Balaban J connectivity index is 1.79. The molecule has 0 unspecified atom stereocenters.